The third-order valence-corrected chi connectivity index (χ3v) is 0.862. The number of aliphatic hydroxyl groups excluding tert-OH is 1. The van der Waals surface area contributed by atoms with E-state index in [0.717, 1.165) is 5.06 Å². The van der Waals surface area contributed by atoms with Crippen LogP contribution in [0.5, 0.6) is 0 Å². The molecule has 1 heterocycles. The summed E-state index contributed by atoms with van der Waals surface area (Å²) in [4.78, 5) is 0. The molecule has 3 heteroatoms. The lowest BCUT2D eigenvalue weighted by atomic mass is 10.4. The molecule has 1 aliphatic heterocycles. The molecule has 0 saturated heterocycles. The number of hydrogen-bond acceptors (Lipinski definition) is 3. The first kappa shape index (κ1) is 5.18. The molecule has 0 atom stereocenters. The molecule has 0 aromatic heterocycles. The zero-order valence-electron chi connectivity index (χ0n) is 4.28. The van der Waals surface area contributed by atoms with Crippen molar-refractivity contribution in [2.75, 3.05) is 6.54 Å². The summed E-state index contributed by atoms with van der Waals surface area (Å²) >= 11 is 0. The van der Waals surface area contributed by atoms with Crippen LogP contribution in [0.2, 0.25) is 0 Å². The highest BCUT2D eigenvalue weighted by Gasteiger charge is 1.97. The van der Waals surface area contributed by atoms with Crippen molar-refractivity contribution in [2.24, 2.45) is 0 Å². The van der Waals surface area contributed by atoms with Crippen LogP contribution in [-0.4, -0.2) is 21.9 Å². The standard InChI is InChI=1S/C5H7NO2/c7-5-2-1-3-6(8)4-5/h1-2,4,7-8H,3H2. The average molecular weight is 113 g/mol. The van der Waals surface area contributed by atoms with Crippen molar-refractivity contribution in [1.29, 1.82) is 0 Å². The number of rotatable bonds is 0. The van der Waals surface area contributed by atoms with Gasteiger partial charge in [0.1, 0.15) is 5.76 Å². The van der Waals surface area contributed by atoms with E-state index in [2.05, 4.69) is 0 Å². The van der Waals surface area contributed by atoms with E-state index >= 15 is 0 Å². The SMILES string of the molecule is OC1=CN(O)CC=C1. The molecule has 0 aromatic carbocycles. The van der Waals surface area contributed by atoms with Crippen LogP contribution in [0.4, 0.5) is 0 Å². The van der Waals surface area contributed by atoms with Gasteiger partial charge in [-0.3, -0.25) is 10.3 Å². The predicted octanol–water partition coefficient (Wildman–Crippen LogP) is 0.647. The average Bonchev–Trinajstić information content (AvgIpc) is 1.64. The highest BCUT2D eigenvalue weighted by Crippen LogP contribution is 1.99. The van der Waals surface area contributed by atoms with E-state index in [0.29, 0.717) is 6.54 Å². The third-order valence-electron chi connectivity index (χ3n) is 0.862. The molecular weight excluding hydrogens is 106 g/mol. The Morgan fingerprint density at radius 3 is 2.75 bits per heavy atom. The Balaban J connectivity index is 2.63. The summed E-state index contributed by atoms with van der Waals surface area (Å²) in [5.41, 5.74) is 0. The minimum Gasteiger partial charge on any atom is -0.506 e. The van der Waals surface area contributed by atoms with Gasteiger partial charge in [0.2, 0.25) is 0 Å². The maximum Gasteiger partial charge on any atom is 0.133 e. The van der Waals surface area contributed by atoms with Crippen LogP contribution in [0.1, 0.15) is 0 Å². The van der Waals surface area contributed by atoms with Gasteiger partial charge in [0, 0.05) is 0 Å². The van der Waals surface area contributed by atoms with E-state index in [9.17, 15) is 0 Å². The van der Waals surface area contributed by atoms with Gasteiger partial charge in [-0.25, -0.2) is 0 Å². The molecule has 0 radical (unpaired) electrons. The van der Waals surface area contributed by atoms with Crippen molar-refractivity contribution in [3.63, 3.8) is 0 Å². The first-order valence-electron chi connectivity index (χ1n) is 2.32. The Morgan fingerprint density at radius 1 is 1.62 bits per heavy atom. The second kappa shape index (κ2) is 1.88. The topological polar surface area (TPSA) is 43.7 Å². The monoisotopic (exact) mass is 113 g/mol. The number of allylic oxidation sites excluding steroid dienone is 1. The van der Waals surface area contributed by atoms with Crippen molar-refractivity contribution >= 4 is 0 Å². The van der Waals surface area contributed by atoms with Gasteiger partial charge in [-0.1, -0.05) is 6.08 Å². The molecule has 8 heavy (non-hydrogen) atoms. The van der Waals surface area contributed by atoms with Gasteiger partial charge < -0.3 is 5.11 Å². The molecule has 1 aliphatic rings. The molecular formula is C5H7NO2. The Kier molecular flexibility index (Phi) is 1.22. The predicted molar refractivity (Wildman–Crippen MR) is 28.3 cm³/mol. The van der Waals surface area contributed by atoms with E-state index in [1.54, 1.807) is 6.08 Å². The lowest BCUT2D eigenvalue weighted by molar-refractivity contribution is -0.0337. The summed E-state index contributed by atoms with van der Waals surface area (Å²) in [5.74, 6) is 0.0822. The fourth-order valence-corrected chi connectivity index (χ4v) is 0.530. The Hall–Kier alpha value is -0.960. The quantitative estimate of drug-likeness (QED) is 0.484. The molecule has 0 amide bonds. The minimum absolute atomic E-state index is 0.0822. The van der Waals surface area contributed by atoms with Crippen LogP contribution in [0, 0.1) is 0 Å². The Labute approximate surface area is 47.1 Å². The fraction of sp³-hybridized carbons (Fsp3) is 0.200. The van der Waals surface area contributed by atoms with Gasteiger partial charge in [-0.2, -0.15) is 0 Å². The van der Waals surface area contributed by atoms with Crippen LogP contribution in [-0.2, 0) is 0 Å². The second-order valence-corrected chi connectivity index (χ2v) is 1.58. The molecule has 0 saturated carbocycles. The molecule has 0 aliphatic carbocycles. The van der Waals surface area contributed by atoms with Crippen LogP contribution in [0.25, 0.3) is 0 Å². The number of hydrogen-bond donors (Lipinski definition) is 2. The van der Waals surface area contributed by atoms with Crippen LogP contribution in [0.3, 0.4) is 0 Å². The fourth-order valence-electron chi connectivity index (χ4n) is 0.530. The molecule has 0 aromatic rings. The molecule has 3 nitrogen and oxygen atoms in total. The van der Waals surface area contributed by atoms with E-state index in [1.165, 1.54) is 12.3 Å². The summed E-state index contributed by atoms with van der Waals surface area (Å²) in [5, 5.41) is 18.2. The normalized spacial score (nSPS) is 18.6. The molecule has 0 fully saturated rings. The van der Waals surface area contributed by atoms with Crippen LogP contribution < -0.4 is 0 Å². The highest BCUT2D eigenvalue weighted by molar-refractivity contribution is 5.13. The van der Waals surface area contributed by atoms with Gasteiger partial charge in [0.15, 0.2) is 0 Å². The van der Waals surface area contributed by atoms with Crippen LogP contribution in [0.15, 0.2) is 24.1 Å². The van der Waals surface area contributed by atoms with E-state index in [1.807, 2.05) is 0 Å². The number of hydroxylamine groups is 2. The van der Waals surface area contributed by atoms with Gasteiger partial charge in [0.25, 0.3) is 0 Å². The minimum atomic E-state index is 0.0822. The van der Waals surface area contributed by atoms with Crippen molar-refractivity contribution in [3.8, 4) is 0 Å². The maximum atomic E-state index is 8.65. The third kappa shape index (κ3) is 1.01. The number of nitrogens with zero attached hydrogens (tertiary/aromatic N) is 1. The van der Waals surface area contributed by atoms with Crippen molar-refractivity contribution in [2.45, 2.75) is 0 Å². The lowest BCUT2D eigenvalue weighted by Gasteiger charge is -2.11. The largest absolute Gasteiger partial charge is 0.506 e. The molecule has 44 valence electrons. The van der Waals surface area contributed by atoms with Gasteiger partial charge >= 0.3 is 0 Å². The first-order valence-corrected chi connectivity index (χ1v) is 2.32. The van der Waals surface area contributed by atoms with E-state index < -0.39 is 0 Å². The van der Waals surface area contributed by atoms with Gasteiger partial charge in [0.05, 0.1) is 12.7 Å². The van der Waals surface area contributed by atoms with E-state index in [4.69, 9.17) is 10.3 Å². The Bertz CT molecular complexity index is 139. The summed E-state index contributed by atoms with van der Waals surface area (Å²) in [6.07, 6.45) is 4.45. The zero-order valence-corrected chi connectivity index (χ0v) is 4.28. The van der Waals surface area contributed by atoms with Crippen molar-refractivity contribution in [3.05, 3.63) is 24.1 Å². The van der Waals surface area contributed by atoms with E-state index in [-0.39, 0.29) is 5.76 Å². The lowest BCUT2D eigenvalue weighted by Crippen LogP contribution is -2.14. The van der Waals surface area contributed by atoms with Crippen molar-refractivity contribution in [1.82, 2.24) is 5.06 Å². The summed E-state index contributed by atoms with van der Waals surface area (Å²) < 4.78 is 0. The molecule has 1 rings (SSSR count). The molecule has 0 bridgehead atoms. The second-order valence-electron chi connectivity index (χ2n) is 1.58. The Morgan fingerprint density at radius 2 is 2.38 bits per heavy atom. The first-order chi connectivity index (χ1) is 3.79. The molecule has 0 unspecified atom stereocenters. The zero-order chi connectivity index (χ0) is 5.98. The smallest absolute Gasteiger partial charge is 0.133 e. The van der Waals surface area contributed by atoms with Gasteiger partial charge in [-0.05, 0) is 6.08 Å². The summed E-state index contributed by atoms with van der Waals surface area (Å²) in [6.45, 7) is 0.448. The highest BCUT2D eigenvalue weighted by atomic mass is 16.5. The molecule has 2 N–H and O–H groups in total. The maximum absolute atomic E-state index is 8.65. The van der Waals surface area contributed by atoms with Gasteiger partial charge in [-0.15, -0.1) is 0 Å². The number of aliphatic hydroxyl groups is 1. The summed E-state index contributed by atoms with van der Waals surface area (Å²) in [7, 11) is 0. The van der Waals surface area contributed by atoms with Crippen LogP contribution >= 0.6 is 0 Å². The summed E-state index contributed by atoms with van der Waals surface area (Å²) in [6, 6.07) is 0. The van der Waals surface area contributed by atoms with Crippen molar-refractivity contribution < 1.29 is 10.3 Å². The molecule has 0 spiro atoms.